The van der Waals surface area contributed by atoms with Gasteiger partial charge in [-0.15, -0.1) is 0 Å². The molecular weight excluding hydrogens is 265 g/mol. The first-order valence-electron chi connectivity index (χ1n) is 8.05. The van der Waals surface area contributed by atoms with Crippen LogP contribution in [-0.2, 0) is 0 Å². The molecule has 1 aromatic carbocycles. The van der Waals surface area contributed by atoms with Gasteiger partial charge >= 0.3 is 0 Å². The summed E-state index contributed by atoms with van der Waals surface area (Å²) in [5, 5.41) is 13.9. The minimum Gasteiger partial charge on any atom is -0.389 e. The average molecular weight is 295 g/mol. The first kappa shape index (κ1) is 18.1. The fourth-order valence-corrected chi connectivity index (χ4v) is 2.78. The zero-order valence-electron chi connectivity index (χ0n) is 13.8. The Morgan fingerprint density at radius 2 is 1.86 bits per heavy atom. The van der Waals surface area contributed by atoms with Crippen LogP contribution in [0.25, 0.3) is 0 Å². The largest absolute Gasteiger partial charge is 0.389 e. The minimum atomic E-state index is -0.710. The summed E-state index contributed by atoms with van der Waals surface area (Å²) in [7, 11) is 0. The molecule has 0 spiro atoms. The van der Waals surface area contributed by atoms with E-state index in [1.54, 1.807) is 0 Å². The van der Waals surface area contributed by atoms with Crippen LogP contribution in [0.5, 0.6) is 0 Å². The van der Waals surface area contributed by atoms with Crippen LogP contribution in [0.1, 0.15) is 65.0 Å². The van der Waals surface area contributed by atoms with Crippen LogP contribution in [-0.4, -0.2) is 17.3 Å². The van der Waals surface area contributed by atoms with Gasteiger partial charge in [0.25, 0.3) is 0 Å². The lowest BCUT2D eigenvalue weighted by Crippen LogP contribution is -2.40. The number of unbranched alkanes of at least 4 members (excludes halogenated alkanes) is 1. The van der Waals surface area contributed by atoms with Gasteiger partial charge in [0.15, 0.2) is 0 Å². The molecule has 0 bridgehead atoms. The zero-order valence-corrected chi connectivity index (χ0v) is 13.8. The molecule has 0 aliphatic heterocycles. The maximum absolute atomic E-state index is 13.1. The van der Waals surface area contributed by atoms with Gasteiger partial charge in [0, 0.05) is 12.6 Å². The van der Waals surface area contributed by atoms with E-state index in [4.69, 9.17) is 0 Å². The number of benzene rings is 1. The summed E-state index contributed by atoms with van der Waals surface area (Å²) in [6, 6.07) is 6.84. The molecule has 0 aliphatic carbocycles. The zero-order chi connectivity index (χ0) is 15.9. The molecule has 0 heterocycles. The van der Waals surface area contributed by atoms with E-state index in [9.17, 15) is 9.50 Å². The Kier molecular flexibility index (Phi) is 7.33. The van der Waals surface area contributed by atoms with Crippen molar-refractivity contribution in [2.75, 3.05) is 6.54 Å². The lowest BCUT2D eigenvalue weighted by atomic mass is 9.93. The second-order valence-electron chi connectivity index (χ2n) is 6.72. The summed E-state index contributed by atoms with van der Waals surface area (Å²) < 4.78 is 13.1. The first-order chi connectivity index (χ1) is 9.84. The van der Waals surface area contributed by atoms with Gasteiger partial charge in [0.2, 0.25) is 0 Å². The molecule has 21 heavy (non-hydrogen) atoms. The van der Waals surface area contributed by atoms with Gasteiger partial charge in [0.05, 0.1) is 5.60 Å². The summed E-state index contributed by atoms with van der Waals surface area (Å²) in [5.74, 6) is 0.251. The molecular formula is C18H30FNO. The van der Waals surface area contributed by atoms with Crippen LogP contribution < -0.4 is 5.32 Å². The highest BCUT2D eigenvalue weighted by atomic mass is 19.1. The lowest BCUT2D eigenvalue weighted by molar-refractivity contribution is 0.0355. The van der Waals surface area contributed by atoms with E-state index in [1.165, 1.54) is 12.1 Å². The molecule has 2 atom stereocenters. The predicted octanol–water partition coefficient (Wildman–Crippen LogP) is 4.44. The third-order valence-electron chi connectivity index (χ3n) is 3.70. The van der Waals surface area contributed by atoms with Crippen molar-refractivity contribution in [1.82, 2.24) is 5.32 Å². The topological polar surface area (TPSA) is 32.3 Å². The van der Waals surface area contributed by atoms with Gasteiger partial charge in [-0.05, 0) is 43.4 Å². The highest BCUT2D eigenvalue weighted by Crippen LogP contribution is 2.22. The molecule has 1 rings (SSSR count). The van der Waals surface area contributed by atoms with E-state index >= 15 is 0 Å². The van der Waals surface area contributed by atoms with Gasteiger partial charge in [0.1, 0.15) is 5.82 Å². The minimum absolute atomic E-state index is 0.171. The molecule has 0 aromatic heterocycles. The maximum Gasteiger partial charge on any atom is 0.123 e. The van der Waals surface area contributed by atoms with Crippen LogP contribution in [0.3, 0.4) is 0 Å². The van der Waals surface area contributed by atoms with Crippen LogP contribution in [0.2, 0.25) is 0 Å². The molecule has 2 N–H and O–H groups in total. The number of aliphatic hydroxyl groups is 1. The van der Waals surface area contributed by atoms with Crippen LogP contribution in [0.4, 0.5) is 4.39 Å². The Morgan fingerprint density at radius 1 is 1.24 bits per heavy atom. The Hall–Kier alpha value is -0.930. The molecule has 0 fully saturated rings. The van der Waals surface area contributed by atoms with Gasteiger partial charge < -0.3 is 10.4 Å². The van der Waals surface area contributed by atoms with E-state index in [0.29, 0.717) is 12.5 Å². The highest BCUT2D eigenvalue weighted by molar-refractivity contribution is 5.20. The SMILES string of the molecule is CCCCC(NCC(C)(O)CC(C)C)c1ccc(F)cc1. The Balaban J connectivity index is 2.68. The van der Waals surface area contributed by atoms with Crippen molar-refractivity contribution in [3.05, 3.63) is 35.6 Å². The second-order valence-corrected chi connectivity index (χ2v) is 6.72. The van der Waals surface area contributed by atoms with Gasteiger partial charge in [-0.25, -0.2) is 4.39 Å². The normalized spacial score (nSPS) is 16.0. The van der Waals surface area contributed by atoms with Crippen molar-refractivity contribution in [3.63, 3.8) is 0 Å². The van der Waals surface area contributed by atoms with Gasteiger partial charge in [-0.3, -0.25) is 0 Å². The number of halogens is 1. The van der Waals surface area contributed by atoms with Crippen molar-refractivity contribution in [3.8, 4) is 0 Å². The second kappa shape index (κ2) is 8.50. The monoisotopic (exact) mass is 295 g/mol. The molecule has 0 aliphatic rings. The molecule has 120 valence electrons. The Bertz CT molecular complexity index is 400. The lowest BCUT2D eigenvalue weighted by Gasteiger charge is -2.29. The maximum atomic E-state index is 13.1. The van der Waals surface area contributed by atoms with Crippen molar-refractivity contribution < 1.29 is 9.50 Å². The molecule has 2 nitrogen and oxygen atoms in total. The van der Waals surface area contributed by atoms with Gasteiger partial charge in [-0.1, -0.05) is 45.7 Å². The molecule has 2 unspecified atom stereocenters. The standard InChI is InChI=1S/C18H30FNO/c1-5-6-7-17(15-8-10-16(19)11-9-15)20-13-18(4,21)12-14(2)3/h8-11,14,17,20-21H,5-7,12-13H2,1-4H3. The van der Waals surface area contributed by atoms with E-state index < -0.39 is 5.60 Å². The van der Waals surface area contributed by atoms with Crippen LogP contribution >= 0.6 is 0 Å². The van der Waals surface area contributed by atoms with E-state index in [-0.39, 0.29) is 11.9 Å². The predicted molar refractivity (Wildman–Crippen MR) is 86.7 cm³/mol. The molecule has 0 saturated heterocycles. The van der Waals surface area contributed by atoms with Crippen molar-refractivity contribution in [1.29, 1.82) is 0 Å². The third kappa shape index (κ3) is 7.05. The molecule has 1 aromatic rings. The van der Waals surface area contributed by atoms with E-state index in [0.717, 1.165) is 31.2 Å². The van der Waals surface area contributed by atoms with Gasteiger partial charge in [-0.2, -0.15) is 0 Å². The fourth-order valence-electron chi connectivity index (χ4n) is 2.78. The Morgan fingerprint density at radius 3 is 2.38 bits per heavy atom. The quantitative estimate of drug-likeness (QED) is 0.705. The number of rotatable bonds is 9. The Labute approximate surface area is 128 Å². The third-order valence-corrected chi connectivity index (χ3v) is 3.70. The summed E-state index contributed by atoms with van der Waals surface area (Å²) in [6.45, 7) is 8.82. The smallest absolute Gasteiger partial charge is 0.123 e. The molecule has 0 amide bonds. The number of nitrogens with one attached hydrogen (secondary N) is 1. The highest BCUT2D eigenvalue weighted by Gasteiger charge is 2.23. The summed E-state index contributed by atoms with van der Waals surface area (Å²) >= 11 is 0. The van der Waals surface area contributed by atoms with Crippen molar-refractivity contribution >= 4 is 0 Å². The van der Waals surface area contributed by atoms with E-state index in [1.807, 2.05) is 19.1 Å². The first-order valence-corrected chi connectivity index (χ1v) is 8.05. The fraction of sp³-hybridized carbons (Fsp3) is 0.667. The number of hydrogen-bond acceptors (Lipinski definition) is 2. The molecule has 0 radical (unpaired) electrons. The summed E-state index contributed by atoms with van der Waals surface area (Å²) in [6.07, 6.45) is 4.01. The summed E-state index contributed by atoms with van der Waals surface area (Å²) in [4.78, 5) is 0. The van der Waals surface area contributed by atoms with Crippen molar-refractivity contribution in [2.45, 2.75) is 65.0 Å². The van der Waals surface area contributed by atoms with E-state index in [2.05, 4.69) is 26.1 Å². The summed E-state index contributed by atoms with van der Waals surface area (Å²) in [5.41, 5.74) is 0.378. The molecule has 3 heteroatoms. The van der Waals surface area contributed by atoms with Crippen LogP contribution in [0.15, 0.2) is 24.3 Å². The van der Waals surface area contributed by atoms with Crippen molar-refractivity contribution in [2.24, 2.45) is 5.92 Å². The average Bonchev–Trinajstić information content (AvgIpc) is 2.39. The van der Waals surface area contributed by atoms with Crippen LogP contribution in [0, 0.1) is 11.7 Å². The molecule has 0 saturated carbocycles. The number of hydrogen-bond donors (Lipinski definition) is 2.